The Balaban J connectivity index is 3.15. The fourth-order valence-electron chi connectivity index (χ4n) is 1.99. The number of hydrogen-bond acceptors (Lipinski definition) is 5. The third-order valence-corrected chi connectivity index (χ3v) is 4.80. The van der Waals surface area contributed by atoms with Crippen LogP contribution in [0.15, 0.2) is 23.1 Å². The van der Waals surface area contributed by atoms with E-state index in [0.29, 0.717) is 12.0 Å². The lowest BCUT2D eigenvalue weighted by Crippen LogP contribution is -2.40. The summed E-state index contributed by atoms with van der Waals surface area (Å²) < 4.78 is 32.1. The number of benzene rings is 1. The highest BCUT2D eigenvalue weighted by Crippen LogP contribution is 2.18. The van der Waals surface area contributed by atoms with Gasteiger partial charge in [0.2, 0.25) is 10.0 Å². The van der Waals surface area contributed by atoms with E-state index < -0.39 is 16.0 Å². The first-order valence-electron chi connectivity index (χ1n) is 6.77. The second-order valence-electron chi connectivity index (χ2n) is 4.81. The van der Waals surface area contributed by atoms with Crippen molar-refractivity contribution >= 4 is 16.0 Å². The first kappa shape index (κ1) is 17.6. The van der Waals surface area contributed by atoms with Gasteiger partial charge in [-0.25, -0.2) is 17.9 Å². The number of rotatable bonds is 7. The number of aryl methyl sites for hydroxylation is 1. The molecule has 0 fully saturated rings. The molecule has 0 saturated carbocycles. The lowest BCUT2D eigenvalue weighted by Gasteiger charge is -2.17. The summed E-state index contributed by atoms with van der Waals surface area (Å²) in [6, 6.07) is 4.12. The molecule has 0 bridgehead atoms. The van der Waals surface area contributed by atoms with Gasteiger partial charge < -0.3 is 10.5 Å². The average molecular weight is 314 g/mol. The Hall–Kier alpha value is -1.44. The Kier molecular flexibility index (Phi) is 6.32. The van der Waals surface area contributed by atoms with Gasteiger partial charge in [-0.3, -0.25) is 0 Å². The Bertz CT molecular complexity index is 599. The minimum absolute atomic E-state index is 0.0694. The van der Waals surface area contributed by atoms with Gasteiger partial charge >= 0.3 is 5.97 Å². The van der Waals surface area contributed by atoms with Crippen LogP contribution in [0.4, 0.5) is 0 Å². The highest BCUT2D eigenvalue weighted by molar-refractivity contribution is 7.89. The largest absolute Gasteiger partial charge is 0.465 e. The Labute approximate surface area is 125 Å². The molecular weight excluding hydrogens is 292 g/mol. The van der Waals surface area contributed by atoms with Crippen molar-refractivity contribution in [3.05, 3.63) is 29.3 Å². The van der Waals surface area contributed by atoms with Gasteiger partial charge in [0.15, 0.2) is 0 Å². The molecule has 0 heterocycles. The third kappa shape index (κ3) is 4.52. The van der Waals surface area contributed by atoms with Crippen LogP contribution in [0.2, 0.25) is 0 Å². The van der Waals surface area contributed by atoms with Gasteiger partial charge in [-0.1, -0.05) is 19.4 Å². The predicted molar refractivity (Wildman–Crippen MR) is 80.6 cm³/mol. The summed E-state index contributed by atoms with van der Waals surface area (Å²) in [7, 11) is -2.48. The van der Waals surface area contributed by atoms with E-state index in [1.165, 1.54) is 19.2 Å². The summed E-state index contributed by atoms with van der Waals surface area (Å²) >= 11 is 0. The van der Waals surface area contributed by atoms with Crippen LogP contribution in [0.5, 0.6) is 0 Å². The van der Waals surface area contributed by atoms with Crippen molar-refractivity contribution < 1.29 is 17.9 Å². The fraction of sp³-hybridized carbons (Fsp3) is 0.500. The number of esters is 1. The van der Waals surface area contributed by atoms with Crippen LogP contribution in [0.3, 0.4) is 0 Å². The van der Waals surface area contributed by atoms with E-state index in [1.54, 1.807) is 13.0 Å². The number of sulfonamides is 1. The van der Waals surface area contributed by atoms with E-state index in [4.69, 9.17) is 5.73 Å². The van der Waals surface area contributed by atoms with Gasteiger partial charge in [-0.15, -0.1) is 0 Å². The zero-order chi connectivity index (χ0) is 16.0. The molecule has 0 radical (unpaired) electrons. The molecule has 0 aliphatic carbocycles. The quantitative estimate of drug-likeness (QED) is 0.737. The lowest BCUT2D eigenvalue weighted by molar-refractivity contribution is 0.0600. The van der Waals surface area contributed by atoms with Gasteiger partial charge in [0.25, 0.3) is 0 Å². The van der Waals surface area contributed by atoms with Crippen LogP contribution in [0.25, 0.3) is 0 Å². The van der Waals surface area contributed by atoms with Crippen LogP contribution < -0.4 is 10.5 Å². The summed E-state index contributed by atoms with van der Waals surface area (Å²) in [5, 5.41) is 0. The van der Waals surface area contributed by atoms with Crippen molar-refractivity contribution in [1.29, 1.82) is 0 Å². The van der Waals surface area contributed by atoms with Crippen molar-refractivity contribution in [2.75, 3.05) is 13.7 Å². The van der Waals surface area contributed by atoms with Crippen LogP contribution in [-0.2, 0) is 14.8 Å². The molecule has 0 spiro atoms. The van der Waals surface area contributed by atoms with Crippen molar-refractivity contribution in [1.82, 2.24) is 4.72 Å². The van der Waals surface area contributed by atoms with E-state index >= 15 is 0 Å². The van der Waals surface area contributed by atoms with E-state index in [0.717, 1.165) is 6.42 Å². The van der Waals surface area contributed by atoms with Gasteiger partial charge in [0.1, 0.15) is 0 Å². The molecule has 0 aliphatic rings. The molecule has 0 saturated heterocycles. The summed E-state index contributed by atoms with van der Waals surface area (Å²) in [4.78, 5) is 11.6. The number of hydrogen-bond donors (Lipinski definition) is 2. The molecule has 1 rings (SSSR count). The molecule has 118 valence electrons. The maximum absolute atomic E-state index is 12.4. The summed E-state index contributed by atoms with van der Waals surface area (Å²) in [6.45, 7) is 3.86. The van der Waals surface area contributed by atoms with Gasteiger partial charge in [0, 0.05) is 12.6 Å². The summed E-state index contributed by atoms with van der Waals surface area (Å²) in [5.41, 5.74) is 6.34. The van der Waals surface area contributed by atoms with E-state index in [1.807, 2.05) is 6.92 Å². The van der Waals surface area contributed by atoms with Gasteiger partial charge in [0.05, 0.1) is 17.6 Å². The molecule has 0 aromatic heterocycles. The molecule has 1 aromatic rings. The number of ether oxygens (including phenoxy) is 1. The zero-order valence-corrected chi connectivity index (χ0v) is 13.4. The maximum atomic E-state index is 12.4. The van der Waals surface area contributed by atoms with Crippen LogP contribution in [-0.4, -0.2) is 34.1 Å². The number of carbonyl (C=O) groups is 1. The molecular formula is C14H22N2O4S. The molecule has 0 aliphatic heterocycles. The Morgan fingerprint density at radius 3 is 2.62 bits per heavy atom. The topological polar surface area (TPSA) is 98.5 Å². The van der Waals surface area contributed by atoms with Crippen molar-refractivity contribution in [3.8, 4) is 0 Å². The number of nitrogens with two attached hydrogens (primary N) is 1. The second-order valence-corrected chi connectivity index (χ2v) is 6.50. The average Bonchev–Trinajstić information content (AvgIpc) is 2.46. The standard InChI is InChI=1S/C14H22N2O4S/c1-4-5-12(9-15)16-21(18,19)13-8-11(14(17)20-3)7-6-10(13)2/h6-8,12,16H,4-5,9,15H2,1-3H3. The monoisotopic (exact) mass is 314 g/mol. The first-order valence-corrected chi connectivity index (χ1v) is 8.25. The Morgan fingerprint density at radius 2 is 2.10 bits per heavy atom. The molecule has 6 nitrogen and oxygen atoms in total. The number of methoxy groups -OCH3 is 1. The molecule has 1 unspecified atom stereocenters. The first-order chi connectivity index (χ1) is 9.85. The number of carbonyl (C=O) groups excluding carboxylic acids is 1. The highest BCUT2D eigenvalue weighted by Gasteiger charge is 2.22. The number of nitrogens with one attached hydrogen (secondary N) is 1. The normalized spacial score (nSPS) is 13.0. The van der Waals surface area contributed by atoms with Crippen LogP contribution in [0, 0.1) is 6.92 Å². The van der Waals surface area contributed by atoms with E-state index in [9.17, 15) is 13.2 Å². The zero-order valence-electron chi connectivity index (χ0n) is 12.5. The van der Waals surface area contributed by atoms with Crippen molar-refractivity contribution in [3.63, 3.8) is 0 Å². The Morgan fingerprint density at radius 1 is 1.43 bits per heavy atom. The van der Waals surface area contributed by atoms with Crippen LogP contribution >= 0.6 is 0 Å². The predicted octanol–water partition coefficient (Wildman–Crippen LogP) is 1.19. The van der Waals surface area contributed by atoms with Gasteiger partial charge in [-0.05, 0) is 31.0 Å². The SMILES string of the molecule is CCCC(CN)NS(=O)(=O)c1cc(C(=O)OC)ccc1C. The lowest BCUT2D eigenvalue weighted by atomic mass is 10.1. The summed E-state index contributed by atoms with van der Waals surface area (Å²) in [6.07, 6.45) is 1.48. The minimum atomic E-state index is -3.73. The van der Waals surface area contributed by atoms with Crippen molar-refractivity contribution in [2.24, 2.45) is 5.73 Å². The van der Waals surface area contributed by atoms with Gasteiger partial charge in [-0.2, -0.15) is 0 Å². The van der Waals surface area contributed by atoms with Crippen molar-refractivity contribution in [2.45, 2.75) is 37.6 Å². The molecule has 1 aromatic carbocycles. The molecule has 0 amide bonds. The summed E-state index contributed by atoms with van der Waals surface area (Å²) in [5.74, 6) is -0.574. The molecule has 21 heavy (non-hydrogen) atoms. The highest BCUT2D eigenvalue weighted by atomic mass is 32.2. The minimum Gasteiger partial charge on any atom is -0.465 e. The molecule has 7 heteroatoms. The second kappa shape index (κ2) is 7.53. The third-order valence-electron chi connectivity index (χ3n) is 3.14. The molecule has 1 atom stereocenters. The fourth-order valence-corrected chi connectivity index (χ4v) is 3.54. The maximum Gasteiger partial charge on any atom is 0.337 e. The van der Waals surface area contributed by atoms with Crippen LogP contribution in [0.1, 0.15) is 35.7 Å². The van der Waals surface area contributed by atoms with E-state index in [2.05, 4.69) is 9.46 Å². The smallest absolute Gasteiger partial charge is 0.337 e. The van der Waals surface area contributed by atoms with E-state index in [-0.39, 0.29) is 23.0 Å². The molecule has 3 N–H and O–H groups in total.